The minimum absolute atomic E-state index is 0.722. The van der Waals surface area contributed by atoms with Gasteiger partial charge in [0.15, 0.2) is 0 Å². The molecule has 7 heavy (non-hydrogen) atoms. The molecule has 1 aromatic heterocycles. The fourth-order valence-electron chi connectivity index (χ4n) is 0.381. The average molecular weight is 115 g/mol. The summed E-state index contributed by atoms with van der Waals surface area (Å²) in [6, 6.07) is 4.55. The molecule has 37 valence electrons. The van der Waals surface area contributed by atoms with Gasteiger partial charge in [0.1, 0.15) is 5.15 Å². The molecule has 0 aromatic carbocycles. The van der Waals surface area contributed by atoms with Gasteiger partial charge in [-0.05, 0) is 6.07 Å². The molecule has 0 aliphatic heterocycles. The zero-order valence-electron chi connectivity index (χ0n) is 3.98. The Morgan fingerprint density at radius 2 is 2.57 bits per heavy atom. The fourth-order valence-corrected chi connectivity index (χ4v) is 0.493. The highest BCUT2D eigenvalue weighted by atomic mass is 35.5. The van der Waals surface area contributed by atoms with Gasteiger partial charge < -0.3 is 4.57 Å². The van der Waals surface area contributed by atoms with E-state index in [4.69, 9.17) is 11.6 Å². The molecule has 0 amide bonds. The van der Waals surface area contributed by atoms with Crippen LogP contribution in [0, 0.1) is 6.07 Å². The van der Waals surface area contributed by atoms with E-state index in [-0.39, 0.29) is 0 Å². The van der Waals surface area contributed by atoms with Crippen molar-refractivity contribution >= 4 is 11.6 Å². The van der Waals surface area contributed by atoms with Gasteiger partial charge >= 0.3 is 0 Å². The summed E-state index contributed by atoms with van der Waals surface area (Å²) in [5.41, 5.74) is 0. The second-order valence-electron chi connectivity index (χ2n) is 1.37. The molecule has 0 spiro atoms. The molecule has 1 radical (unpaired) electrons. The Hall–Kier alpha value is -0.430. The third-order valence-electron chi connectivity index (χ3n) is 0.808. The van der Waals surface area contributed by atoms with Crippen molar-refractivity contribution in [1.29, 1.82) is 0 Å². The minimum atomic E-state index is 0.722. The standard InChI is InChI=1S/C5H5ClN/c1-7-4-2-3-5(7)6/h3-4H,1H3. The molecule has 0 atom stereocenters. The van der Waals surface area contributed by atoms with Crippen molar-refractivity contribution in [2.45, 2.75) is 0 Å². The molecular weight excluding hydrogens is 110 g/mol. The zero-order chi connectivity index (χ0) is 5.28. The van der Waals surface area contributed by atoms with Gasteiger partial charge in [0, 0.05) is 19.3 Å². The van der Waals surface area contributed by atoms with Crippen molar-refractivity contribution in [2.24, 2.45) is 7.05 Å². The highest BCUT2D eigenvalue weighted by molar-refractivity contribution is 6.29. The monoisotopic (exact) mass is 114 g/mol. The second-order valence-corrected chi connectivity index (χ2v) is 1.76. The average Bonchev–Trinajstić information content (AvgIpc) is 1.91. The SMILES string of the molecule is Cn1c[c]cc1Cl. The van der Waals surface area contributed by atoms with Crippen LogP contribution in [0.15, 0.2) is 12.3 Å². The Kier molecular flexibility index (Phi) is 1.07. The molecule has 0 unspecified atom stereocenters. The molecule has 2 heteroatoms. The van der Waals surface area contributed by atoms with Crippen LogP contribution in [0.4, 0.5) is 0 Å². The quantitative estimate of drug-likeness (QED) is 0.482. The molecule has 0 saturated carbocycles. The third kappa shape index (κ3) is 0.775. The summed E-state index contributed by atoms with van der Waals surface area (Å²) in [6.07, 6.45) is 1.78. The number of aryl methyl sites for hydroxylation is 1. The number of rotatable bonds is 0. The number of hydrogen-bond donors (Lipinski definition) is 0. The van der Waals surface area contributed by atoms with Crippen molar-refractivity contribution in [3.63, 3.8) is 0 Å². The Morgan fingerprint density at radius 1 is 1.86 bits per heavy atom. The van der Waals surface area contributed by atoms with Gasteiger partial charge in [-0.15, -0.1) is 0 Å². The van der Waals surface area contributed by atoms with Crippen LogP contribution in [-0.2, 0) is 7.05 Å². The Morgan fingerprint density at radius 3 is 2.71 bits per heavy atom. The van der Waals surface area contributed by atoms with Gasteiger partial charge in [-0.3, -0.25) is 0 Å². The lowest BCUT2D eigenvalue weighted by Gasteiger charge is -1.86. The van der Waals surface area contributed by atoms with E-state index in [1.165, 1.54) is 0 Å². The first kappa shape index (κ1) is 4.72. The number of hydrogen-bond acceptors (Lipinski definition) is 0. The van der Waals surface area contributed by atoms with Gasteiger partial charge in [-0.2, -0.15) is 0 Å². The topological polar surface area (TPSA) is 4.93 Å². The summed E-state index contributed by atoms with van der Waals surface area (Å²) in [6.45, 7) is 0. The molecule has 0 saturated heterocycles. The van der Waals surface area contributed by atoms with Crippen LogP contribution in [0.3, 0.4) is 0 Å². The van der Waals surface area contributed by atoms with E-state index in [1.54, 1.807) is 16.8 Å². The van der Waals surface area contributed by atoms with E-state index in [0.717, 1.165) is 5.15 Å². The molecule has 1 heterocycles. The summed E-state index contributed by atoms with van der Waals surface area (Å²) >= 11 is 5.56. The molecule has 0 N–H and O–H groups in total. The van der Waals surface area contributed by atoms with Crippen molar-refractivity contribution in [3.8, 4) is 0 Å². The van der Waals surface area contributed by atoms with Crippen molar-refractivity contribution in [1.82, 2.24) is 4.57 Å². The number of nitrogens with zero attached hydrogens (tertiary/aromatic N) is 1. The van der Waals surface area contributed by atoms with E-state index >= 15 is 0 Å². The normalized spacial score (nSPS) is 9.43. The maximum absolute atomic E-state index is 5.56. The maximum Gasteiger partial charge on any atom is 0.109 e. The summed E-state index contributed by atoms with van der Waals surface area (Å²) in [7, 11) is 1.87. The lowest BCUT2D eigenvalue weighted by molar-refractivity contribution is 0.928. The van der Waals surface area contributed by atoms with E-state index in [0.29, 0.717) is 0 Å². The first-order valence-corrected chi connectivity index (χ1v) is 2.36. The van der Waals surface area contributed by atoms with Gasteiger partial charge in [-0.1, -0.05) is 11.6 Å². The van der Waals surface area contributed by atoms with E-state index < -0.39 is 0 Å². The van der Waals surface area contributed by atoms with Crippen LogP contribution >= 0.6 is 11.6 Å². The van der Waals surface area contributed by atoms with E-state index in [1.807, 2.05) is 7.05 Å². The van der Waals surface area contributed by atoms with Crippen LogP contribution in [0.1, 0.15) is 0 Å². The van der Waals surface area contributed by atoms with Crippen molar-refractivity contribution in [2.75, 3.05) is 0 Å². The molecule has 0 bridgehead atoms. The predicted octanol–water partition coefficient (Wildman–Crippen LogP) is 1.48. The largest absolute Gasteiger partial charge is 0.341 e. The van der Waals surface area contributed by atoms with Gasteiger partial charge in [0.2, 0.25) is 0 Å². The Labute approximate surface area is 47.5 Å². The van der Waals surface area contributed by atoms with Crippen LogP contribution in [-0.4, -0.2) is 4.57 Å². The first-order chi connectivity index (χ1) is 3.30. The van der Waals surface area contributed by atoms with Crippen LogP contribution in [0.25, 0.3) is 0 Å². The minimum Gasteiger partial charge on any atom is -0.341 e. The molecule has 0 aliphatic rings. The summed E-state index contributed by atoms with van der Waals surface area (Å²) < 4.78 is 1.79. The van der Waals surface area contributed by atoms with Crippen LogP contribution in [0.2, 0.25) is 5.15 Å². The molecule has 1 aromatic rings. The predicted molar refractivity (Wildman–Crippen MR) is 29.3 cm³/mol. The second kappa shape index (κ2) is 1.58. The Bertz CT molecular complexity index is 140. The van der Waals surface area contributed by atoms with Crippen molar-refractivity contribution < 1.29 is 0 Å². The third-order valence-corrected chi connectivity index (χ3v) is 1.18. The van der Waals surface area contributed by atoms with Gasteiger partial charge in [-0.25, -0.2) is 0 Å². The maximum atomic E-state index is 5.56. The van der Waals surface area contributed by atoms with Crippen LogP contribution < -0.4 is 0 Å². The smallest absolute Gasteiger partial charge is 0.109 e. The summed E-state index contributed by atoms with van der Waals surface area (Å²) in [5, 5.41) is 0.722. The molecular formula is C5H5ClN. The number of halogens is 1. The highest BCUT2D eigenvalue weighted by Crippen LogP contribution is 2.04. The lowest BCUT2D eigenvalue weighted by atomic mass is 10.7. The highest BCUT2D eigenvalue weighted by Gasteiger charge is 1.85. The fraction of sp³-hybridized carbons (Fsp3) is 0.200. The summed E-state index contributed by atoms with van der Waals surface area (Å²) in [5.74, 6) is 0. The molecule has 0 fully saturated rings. The molecule has 0 aliphatic carbocycles. The first-order valence-electron chi connectivity index (χ1n) is 1.98. The van der Waals surface area contributed by atoms with Gasteiger partial charge in [0.05, 0.1) is 0 Å². The van der Waals surface area contributed by atoms with Crippen molar-refractivity contribution in [3.05, 3.63) is 23.5 Å². The number of aromatic nitrogens is 1. The van der Waals surface area contributed by atoms with Gasteiger partial charge in [0.25, 0.3) is 0 Å². The lowest BCUT2D eigenvalue weighted by Crippen LogP contribution is -1.80. The Balaban J connectivity index is 3.12. The molecule has 1 nitrogen and oxygen atoms in total. The summed E-state index contributed by atoms with van der Waals surface area (Å²) in [4.78, 5) is 0. The van der Waals surface area contributed by atoms with Crippen LogP contribution in [0.5, 0.6) is 0 Å². The molecule has 1 rings (SSSR count). The van der Waals surface area contributed by atoms with E-state index in [2.05, 4.69) is 6.07 Å². The zero-order valence-corrected chi connectivity index (χ0v) is 4.74. The van der Waals surface area contributed by atoms with E-state index in [9.17, 15) is 0 Å².